The maximum atomic E-state index is 5.69. The summed E-state index contributed by atoms with van der Waals surface area (Å²) in [4.78, 5) is 8.42. The second-order valence-electron chi connectivity index (χ2n) is 4.34. The minimum Gasteiger partial charge on any atom is -0.271 e. The van der Waals surface area contributed by atoms with Crippen molar-refractivity contribution in [3.05, 3.63) is 59.9 Å². The number of nitrogens with zero attached hydrogens (tertiary/aromatic N) is 4. The van der Waals surface area contributed by atoms with Crippen LogP contribution in [-0.2, 0) is 0 Å². The van der Waals surface area contributed by atoms with Gasteiger partial charge in [0, 0.05) is 29.8 Å². The third-order valence-electron chi connectivity index (χ3n) is 3.10. The van der Waals surface area contributed by atoms with Crippen molar-refractivity contribution in [1.82, 2.24) is 25.0 Å². The van der Waals surface area contributed by atoms with Crippen molar-refractivity contribution < 1.29 is 0 Å². The third kappa shape index (κ3) is 2.07. The number of aromatic nitrogens is 4. The molecule has 3 aromatic heterocycles. The first-order valence-electron chi connectivity index (χ1n) is 5.95. The molecule has 6 heteroatoms. The fourth-order valence-electron chi connectivity index (χ4n) is 2.09. The number of hydrazine groups is 1. The molecule has 0 amide bonds. The molecule has 1 atom stereocenters. The first kappa shape index (κ1) is 11.8. The van der Waals surface area contributed by atoms with Gasteiger partial charge in [-0.05, 0) is 18.6 Å². The number of pyridine rings is 1. The molecule has 3 heterocycles. The Kier molecular flexibility index (Phi) is 2.94. The third-order valence-corrected chi connectivity index (χ3v) is 3.10. The highest BCUT2D eigenvalue weighted by Crippen LogP contribution is 2.24. The average molecular weight is 254 g/mol. The van der Waals surface area contributed by atoms with Crippen LogP contribution in [0.4, 0.5) is 0 Å². The molecule has 1 unspecified atom stereocenters. The van der Waals surface area contributed by atoms with Crippen LogP contribution in [0.1, 0.15) is 22.9 Å². The quantitative estimate of drug-likeness (QED) is 0.538. The summed E-state index contributed by atoms with van der Waals surface area (Å²) in [5.74, 6) is 5.69. The lowest BCUT2D eigenvalue weighted by Gasteiger charge is -2.15. The zero-order valence-electron chi connectivity index (χ0n) is 10.5. The van der Waals surface area contributed by atoms with Crippen molar-refractivity contribution in [2.75, 3.05) is 0 Å². The number of nitrogens with two attached hydrogens (primary N) is 1. The highest BCUT2D eigenvalue weighted by Gasteiger charge is 2.17. The largest absolute Gasteiger partial charge is 0.271 e. The molecule has 0 saturated carbocycles. The van der Waals surface area contributed by atoms with Crippen molar-refractivity contribution in [3.8, 4) is 0 Å². The van der Waals surface area contributed by atoms with Crippen LogP contribution in [-0.4, -0.2) is 19.6 Å². The van der Waals surface area contributed by atoms with E-state index in [0.717, 1.165) is 22.3 Å². The number of aryl methyl sites for hydroxylation is 1. The molecular weight excluding hydrogens is 240 g/mol. The zero-order chi connectivity index (χ0) is 13.2. The first-order chi connectivity index (χ1) is 9.29. The average Bonchev–Trinajstić information content (AvgIpc) is 2.86. The van der Waals surface area contributed by atoms with E-state index in [1.165, 1.54) is 0 Å². The Morgan fingerprint density at radius 1 is 1.26 bits per heavy atom. The van der Waals surface area contributed by atoms with Crippen LogP contribution in [0.5, 0.6) is 0 Å². The summed E-state index contributed by atoms with van der Waals surface area (Å²) < 4.78 is 1.77. The molecule has 0 spiro atoms. The fourth-order valence-corrected chi connectivity index (χ4v) is 2.09. The lowest BCUT2D eigenvalue weighted by molar-refractivity contribution is 0.638. The van der Waals surface area contributed by atoms with E-state index in [-0.39, 0.29) is 6.04 Å². The highest BCUT2D eigenvalue weighted by atomic mass is 15.3. The van der Waals surface area contributed by atoms with Gasteiger partial charge < -0.3 is 0 Å². The molecular formula is C13H14N6. The molecule has 0 fully saturated rings. The molecule has 96 valence electrons. The van der Waals surface area contributed by atoms with E-state index >= 15 is 0 Å². The molecule has 6 nitrogen and oxygen atoms in total. The summed E-state index contributed by atoms with van der Waals surface area (Å²) in [6.45, 7) is 1.95. The lowest BCUT2D eigenvalue weighted by atomic mass is 10.0. The number of nitrogens with one attached hydrogen (secondary N) is 1. The van der Waals surface area contributed by atoms with Crippen LogP contribution in [0.3, 0.4) is 0 Å². The van der Waals surface area contributed by atoms with Crippen molar-refractivity contribution in [3.63, 3.8) is 0 Å². The van der Waals surface area contributed by atoms with Crippen molar-refractivity contribution >= 4 is 5.52 Å². The van der Waals surface area contributed by atoms with E-state index in [9.17, 15) is 0 Å². The summed E-state index contributed by atoms with van der Waals surface area (Å²) in [6, 6.07) is 3.81. The molecule has 0 aromatic carbocycles. The Bertz CT molecular complexity index is 688. The minimum absolute atomic E-state index is 0.158. The van der Waals surface area contributed by atoms with Gasteiger partial charge in [0.25, 0.3) is 0 Å². The molecule has 0 aliphatic rings. The Labute approximate surface area is 110 Å². The predicted molar refractivity (Wildman–Crippen MR) is 71.1 cm³/mol. The Hall–Kier alpha value is -2.31. The lowest BCUT2D eigenvalue weighted by Crippen LogP contribution is -2.28. The molecule has 0 saturated heterocycles. The molecule has 0 radical (unpaired) electrons. The summed E-state index contributed by atoms with van der Waals surface area (Å²) >= 11 is 0. The van der Waals surface area contributed by atoms with E-state index in [0.29, 0.717) is 0 Å². The summed E-state index contributed by atoms with van der Waals surface area (Å²) in [5.41, 5.74) is 6.67. The van der Waals surface area contributed by atoms with Gasteiger partial charge in [-0.25, -0.2) is 9.94 Å². The number of rotatable bonds is 3. The molecule has 3 rings (SSSR count). The first-order valence-corrected chi connectivity index (χ1v) is 5.95. The molecule has 3 aromatic rings. The smallest absolute Gasteiger partial charge is 0.0896 e. The summed E-state index contributed by atoms with van der Waals surface area (Å²) in [6.07, 6.45) is 8.89. The zero-order valence-corrected chi connectivity index (χ0v) is 10.5. The van der Waals surface area contributed by atoms with Crippen LogP contribution >= 0.6 is 0 Å². The van der Waals surface area contributed by atoms with Crippen molar-refractivity contribution in [2.24, 2.45) is 5.84 Å². The number of hydrogen-bond donors (Lipinski definition) is 2. The second kappa shape index (κ2) is 4.75. The molecule has 0 aliphatic carbocycles. The number of fused-ring (bicyclic) bond motifs is 1. The van der Waals surface area contributed by atoms with E-state index in [4.69, 9.17) is 5.84 Å². The van der Waals surface area contributed by atoms with Gasteiger partial charge in [0.15, 0.2) is 0 Å². The van der Waals surface area contributed by atoms with Crippen LogP contribution in [0.2, 0.25) is 0 Å². The molecule has 0 bridgehead atoms. The topological polar surface area (TPSA) is 81.1 Å². The molecule has 0 aliphatic heterocycles. The van der Waals surface area contributed by atoms with Gasteiger partial charge in [-0.15, -0.1) is 0 Å². The van der Waals surface area contributed by atoms with Crippen LogP contribution in [0.25, 0.3) is 5.52 Å². The van der Waals surface area contributed by atoms with Crippen LogP contribution in [0.15, 0.2) is 43.1 Å². The maximum Gasteiger partial charge on any atom is 0.0896 e. The SMILES string of the molecule is Cc1ccc(C(NN)c2cnn3ccncc23)cn1. The normalized spacial score (nSPS) is 12.7. The highest BCUT2D eigenvalue weighted by molar-refractivity contribution is 5.55. The molecule has 3 N–H and O–H groups in total. The van der Waals surface area contributed by atoms with Gasteiger partial charge in [-0.1, -0.05) is 6.07 Å². The Morgan fingerprint density at radius 3 is 2.89 bits per heavy atom. The van der Waals surface area contributed by atoms with Gasteiger partial charge in [-0.3, -0.25) is 15.8 Å². The van der Waals surface area contributed by atoms with Gasteiger partial charge >= 0.3 is 0 Å². The monoisotopic (exact) mass is 254 g/mol. The maximum absolute atomic E-state index is 5.69. The Balaban J connectivity index is 2.09. The van der Waals surface area contributed by atoms with E-state index < -0.39 is 0 Å². The second-order valence-corrected chi connectivity index (χ2v) is 4.34. The van der Waals surface area contributed by atoms with Gasteiger partial charge in [-0.2, -0.15) is 5.10 Å². The van der Waals surface area contributed by atoms with Crippen LogP contribution < -0.4 is 11.3 Å². The predicted octanol–water partition coefficient (Wildman–Crippen LogP) is 0.985. The standard InChI is InChI=1S/C13H14N6/c1-9-2-3-10(6-16-9)13(18-14)11-7-17-19-5-4-15-8-12(11)19/h2-8,13,18H,14H2,1H3. The van der Waals surface area contributed by atoms with Crippen molar-refractivity contribution in [1.29, 1.82) is 0 Å². The van der Waals surface area contributed by atoms with E-state index in [1.807, 2.05) is 25.3 Å². The van der Waals surface area contributed by atoms with Gasteiger partial charge in [0.2, 0.25) is 0 Å². The van der Waals surface area contributed by atoms with Crippen LogP contribution in [0, 0.1) is 6.92 Å². The number of hydrogen-bond acceptors (Lipinski definition) is 5. The summed E-state index contributed by atoms with van der Waals surface area (Å²) in [7, 11) is 0. The van der Waals surface area contributed by atoms with E-state index in [1.54, 1.807) is 29.3 Å². The van der Waals surface area contributed by atoms with Gasteiger partial charge in [0.05, 0.1) is 24.0 Å². The van der Waals surface area contributed by atoms with E-state index in [2.05, 4.69) is 20.5 Å². The Morgan fingerprint density at radius 2 is 2.16 bits per heavy atom. The van der Waals surface area contributed by atoms with Crippen molar-refractivity contribution in [2.45, 2.75) is 13.0 Å². The molecule has 19 heavy (non-hydrogen) atoms. The minimum atomic E-state index is -0.158. The fraction of sp³-hybridized carbons (Fsp3) is 0.154. The summed E-state index contributed by atoms with van der Waals surface area (Å²) in [5, 5.41) is 4.29. The van der Waals surface area contributed by atoms with Gasteiger partial charge in [0.1, 0.15) is 0 Å².